The first-order valence-electron chi connectivity index (χ1n) is 3.06. The molecular weight excluding hydrogens is 239 g/mol. The van der Waals surface area contributed by atoms with Crippen molar-refractivity contribution in [3.8, 4) is 0 Å². The van der Waals surface area contributed by atoms with Gasteiger partial charge in [-0.2, -0.15) is 0 Å². The van der Waals surface area contributed by atoms with Crippen molar-refractivity contribution in [3.05, 3.63) is 12.2 Å². The van der Waals surface area contributed by atoms with Crippen LogP contribution in [0, 0.1) is 0 Å². The number of rotatable bonds is 2. The van der Waals surface area contributed by atoms with E-state index in [9.17, 15) is 9.59 Å². The molecule has 1 atom stereocenters. The zero-order valence-corrected chi connectivity index (χ0v) is 11.3. The summed E-state index contributed by atoms with van der Waals surface area (Å²) in [5.74, 6) is -1.16. The van der Waals surface area contributed by atoms with Gasteiger partial charge < -0.3 is 18.6 Å². The summed E-state index contributed by atoms with van der Waals surface area (Å²) in [5, 5.41) is 0. The van der Waals surface area contributed by atoms with Crippen LogP contribution in [-0.4, -0.2) is 39.5 Å². The van der Waals surface area contributed by atoms with Gasteiger partial charge in [-0.15, -0.1) is 0 Å². The molecule has 7 nitrogen and oxygen atoms in total. The molecule has 0 rings (SSSR count). The van der Waals surface area contributed by atoms with Crippen molar-refractivity contribution >= 4 is 23.3 Å². The Morgan fingerprint density at radius 2 is 1.40 bits per heavy atom. The monoisotopic (exact) mass is 248 g/mol. The van der Waals surface area contributed by atoms with E-state index in [2.05, 4.69) is 9.47 Å². The van der Waals surface area contributed by atoms with Crippen LogP contribution in [-0.2, 0) is 30.4 Å². The molecule has 0 aromatic heterocycles. The van der Waals surface area contributed by atoms with E-state index in [1.165, 1.54) is 14.2 Å². The molecule has 0 bridgehead atoms. The zero-order valence-electron chi connectivity index (χ0n) is 8.46. The SMILES string of the molecule is COC(=O)/C=C/C(=O)OC.O=S([O-])O.[Na+]. The molecule has 9 heteroatoms. The molecule has 0 aromatic rings. The van der Waals surface area contributed by atoms with Crippen LogP contribution in [0.3, 0.4) is 0 Å². The number of hydrogen-bond donors (Lipinski definition) is 1. The van der Waals surface area contributed by atoms with E-state index in [1.54, 1.807) is 0 Å². The van der Waals surface area contributed by atoms with Gasteiger partial charge in [0.05, 0.1) is 25.6 Å². The van der Waals surface area contributed by atoms with Crippen LogP contribution in [0.4, 0.5) is 0 Å². The minimum Gasteiger partial charge on any atom is -0.750 e. The van der Waals surface area contributed by atoms with Gasteiger partial charge in [0.2, 0.25) is 0 Å². The van der Waals surface area contributed by atoms with Gasteiger partial charge in [-0.25, -0.2) is 13.8 Å². The molecule has 0 fully saturated rings. The van der Waals surface area contributed by atoms with Crippen molar-refractivity contribution in [1.82, 2.24) is 0 Å². The third kappa shape index (κ3) is 24.8. The van der Waals surface area contributed by atoms with Crippen LogP contribution < -0.4 is 29.6 Å². The first-order valence-corrected chi connectivity index (χ1v) is 4.09. The van der Waals surface area contributed by atoms with Gasteiger partial charge in [0.25, 0.3) is 0 Å². The summed E-state index contributed by atoms with van der Waals surface area (Å²) in [4.78, 5) is 20.6. The molecule has 0 aliphatic rings. The molecule has 82 valence electrons. The Morgan fingerprint density at radius 3 is 1.53 bits per heavy atom. The van der Waals surface area contributed by atoms with E-state index in [4.69, 9.17) is 13.3 Å². The molecule has 0 saturated carbocycles. The third-order valence-corrected chi connectivity index (χ3v) is 0.758. The second-order valence-corrected chi connectivity index (χ2v) is 2.03. The van der Waals surface area contributed by atoms with E-state index < -0.39 is 23.3 Å². The molecule has 0 radical (unpaired) electrons. The average molecular weight is 248 g/mol. The number of carbonyl (C=O) groups excluding carboxylic acids is 2. The first kappa shape index (κ1) is 20.2. The smallest absolute Gasteiger partial charge is 0.750 e. The van der Waals surface area contributed by atoms with E-state index >= 15 is 0 Å². The summed E-state index contributed by atoms with van der Waals surface area (Å²) in [6.07, 6.45) is 1.98. The van der Waals surface area contributed by atoms with Gasteiger partial charge in [0, 0.05) is 12.2 Å². The van der Waals surface area contributed by atoms with E-state index in [0.29, 0.717) is 0 Å². The molecule has 0 saturated heterocycles. The Labute approximate surface area is 111 Å². The van der Waals surface area contributed by atoms with Gasteiger partial charge in [-0.3, -0.25) is 0 Å². The quantitative estimate of drug-likeness (QED) is 0.231. The Morgan fingerprint density at radius 1 is 1.20 bits per heavy atom. The van der Waals surface area contributed by atoms with Crippen molar-refractivity contribution in [1.29, 1.82) is 0 Å². The number of carbonyl (C=O) groups is 2. The van der Waals surface area contributed by atoms with Gasteiger partial charge >= 0.3 is 41.5 Å². The molecule has 0 aromatic carbocycles. The summed E-state index contributed by atoms with van der Waals surface area (Å²) in [6.45, 7) is 0. The molecular formula is C6H9NaO7S. The summed E-state index contributed by atoms with van der Waals surface area (Å²) in [6, 6.07) is 0. The molecule has 0 aliphatic carbocycles. The zero-order chi connectivity index (χ0) is 11.6. The van der Waals surface area contributed by atoms with Gasteiger partial charge in [0.1, 0.15) is 0 Å². The predicted molar refractivity (Wildman–Crippen MR) is 44.7 cm³/mol. The van der Waals surface area contributed by atoms with Crippen molar-refractivity contribution in [2.75, 3.05) is 14.2 Å². The molecule has 0 aliphatic heterocycles. The number of ether oxygens (including phenoxy) is 2. The van der Waals surface area contributed by atoms with Gasteiger partial charge in [-0.1, -0.05) is 0 Å². The van der Waals surface area contributed by atoms with Crippen molar-refractivity contribution in [3.63, 3.8) is 0 Å². The second-order valence-electron chi connectivity index (χ2n) is 1.60. The van der Waals surface area contributed by atoms with Crippen molar-refractivity contribution < 1.29 is 61.9 Å². The third-order valence-electron chi connectivity index (χ3n) is 0.758. The van der Waals surface area contributed by atoms with Crippen LogP contribution in [0.15, 0.2) is 12.2 Å². The van der Waals surface area contributed by atoms with Crippen LogP contribution >= 0.6 is 0 Å². The molecule has 0 heterocycles. The fraction of sp³-hybridized carbons (Fsp3) is 0.333. The summed E-state index contributed by atoms with van der Waals surface area (Å²) >= 11 is -2.86. The topological polar surface area (TPSA) is 113 Å². The standard InChI is InChI=1S/C6H8O4.Na.H2O3S/c1-9-5(7)3-4-6(8)10-2;;1-4(2)3/h3-4H,1-2H3;;(H2,1,2,3)/q;+1;/p-1/b4-3+;;. The maximum Gasteiger partial charge on any atom is 1.00 e. The maximum atomic E-state index is 10.3. The minimum atomic E-state index is -2.86. The summed E-state index contributed by atoms with van der Waals surface area (Å²) < 4.78 is 32.5. The first-order chi connectivity index (χ1) is 6.43. The maximum absolute atomic E-state index is 10.3. The molecule has 0 spiro atoms. The normalized spacial score (nSPS) is 10.4. The average Bonchev–Trinajstić information content (AvgIpc) is 2.12. The minimum absolute atomic E-state index is 0. The number of hydrogen-bond acceptors (Lipinski definition) is 6. The van der Waals surface area contributed by atoms with Crippen LogP contribution in [0.5, 0.6) is 0 Å². The summed E-state index contributed by atoms with van der Waals surface area (Å²) in [7, 11) is 2.45. The predicted octanol–water partition coefficient (Wildman–Crippen LogP) is -3.77. The Kier molecular flexibility index (Phi) is 18.5. The molecule has 1 N–H and O–H groups in total. The van der Waals surface area contributed by atoms with E-state index in [-0.39, 0.29) is 29.6 Å². The molecule has 15 heavy (non-hydrogen) atoms. The van der Waals surface area contributed by atoms with Gasteiger partial charge in [0.15, 0.2) is 0 Å². The Hall–Kier alpha value is -0.250. The van der Waals surface area contributed by atoms with Gasteiger partial charge in [-0.05, 0) is 0 Å². The number of esters is 2. The van der Waals surface area contributed by atoms with E-state index in [1.807, 2.05) is 0 Å². The molecule has 0 amide bonds. The van der Waals surface area contributed by atoms with Crippen LogP contribution in [0.25, 0.3) is 0 Å². The van der Waals surface area contributed by atoms with Crippen molar-refractivity contribution in [2.24, 2.45) is 0 Å². The second kappa shape index (κ2) is 13.8. The van der Waals surface area contributed by atoms with Crippen LogP contribution in [0.1, 0.15) is 0 Å². The molecule has 1 unspecified atom stereocenters. The fourth-order valence-electron chi connectivity index (χ4n) is 0.272. The van der Waals surface area contributed by atoms with Crippen LogP contribution in [0.2, 0.25) is 0 Å². The Balaban J connectivity index is -0.000000249. The van der Waals surface area contributed by atoms with Crippen molar-refractivity contribution in [2.45, 2.75) is 0 Å². The number of methoxy groups -OCH3 is 2. The largest absolute Gasteiger partial charge is 1.00 e. The fourth-order valence-corrected chi connectivity index (χ4v) is 0.272. The summed E-state index contributed by atoms with van der Waals surface area (Å²) in [5.41, 5.74) is 0. The Bertz CT molecular complexity index is 218. The van der Waals surface area contributed by atoms with E-state index in [0.717, 1.165) is 12.2 Å².